The molecule has 0 bridgehead atoms. The van der Waals surface area contributed by atoms with Gasteiger partial charge in [0.05, 0.1) is 12.6 Å². The van der Waals surface area contributed by atoms with Gasteiger partial charge in [-0.25, -0.2) is 4.79 Å². The lowest BCUT2D eigenvalue weighted by molar-refractivity contribution is -0.210. The molecule has 0 aliphatic carbocycles. The van der Waals surface area contributed by atoms with Crippen molar-refractivity contribution in [1.82, 2.24) is 10.6 Å². The van der Waals surface area contributed by atoms with Crippen LogP contribution in [0.1, 0.15) is 13.8 Å². The second-order valence-electron chi connectivity index (χ2n) is 4.57. The third kappa shape index (κ3) is 2.37. The predicted molar refractivity (Wildman–Crippen MR) is 57.2 cm³/mol. The zero-order valence-corrected chi connectivity index (χ0v) is 10.1. The molecule has 0 spiro atoms. The molecule has 0 radical (unpaired) electrons. The Morgan fingerprint density at radius 1 is 1.41 bits per heavy atom. The van der Waals surface area contributed by atoms with Crippen LogP contribution in [0.25, 0.3) is 0 Å². The number of hydrogen-bond acceptors (Lipinski definition) is 5. The Labute approximate surface area is 99.4 Å². The highest BCUT2D eigenvalue weighted by molar-refractivity contribution is 5.74. The van der Waals surface area contributed by atoms with Gasteiger partial charge in [0.15, 0.2) is 12.1 Å². The number of carbonyl (C=O) groups is 1. The highest BCUT2D eigenvalue weighted by Gasteiger charge is 2.54. The van der Waals surface area contributed by atoms with E-state index in [0.717, 1.165) is 0 Å². The minimum Gasteiger partial charge on any atom is -0.394 e. The molecule has 0 saturated carbocycles. The number of aliphatic hydroxyl groups is 1. The van der Waals surface area contributed by atoms with Crippen LogP contribution in [-0.2, 0) is 14.2 Å². The van der Waals surface area contributed by atoms with Crippen LogP contribution in [-0.4, -0.2) is 55.1 Å². The molecule has 0 aromatic rings. The smallest absolute Gasteiger partial charge is 0.314 e. The van der Waals surface area contributed by atoms with Crippen molar-refractivity contribution in [2.75, 3.05) is 13.7 Å². The van der Waals surface area contributed by atoms with E-state index in [1.165, 1.54) is 7.05 Å². The molecule has 2 fully saturated rings. The Morgan fingerprint density at radius 3 is 2.71 bits per heavy atom. The van der Waals surface area contributed by atoms with Gasteiger partial charge in [-0.1, -0.05) is 0 Å². The van der Waals surface area contributed by atoms with Gasteiger partial charge in [0.1, 0.15) is 12.2 Å². The summed E-state index contributed by atoms with van der Waals surface area (Å²) in [4.78, 5) is 11.3. The number of urea groups is 1. The molecular formula is C10H18N2O5. The highest BCUT2D eigenvalue weighted by atomic mass is 16.8. The molecule has 7 nitrogen and oxygen atoms in total. The largest absolute Gasteiger partial charge is 0.394 e. The lowest BCUT2D eigenvalue weighted by Crippen LogP contribution is -2.51. The van der Waals surface area contributed by atoms with Gasteiger partial charge < -0.3 is 30.0 Å². The molecule has 3 N–H and O–H groups in total. The van der Waals surface area contributed by atoms with Crippen molar-refractivity contribution >= 4 is 6.03 Å². The molecule has 0 unspecified atom stereocenters. The van der Waals surface area contributed by atoms with Gasteiger partial charge in [0.25, 0.3) is 0 Å². The van der Waals surface area contributed by atoms with E-state index in [1.54, 1.807) is 13.8 Å². The number of fused-ring (bicyclic) bond motifs is 1. The summed E-state index contributed by atoms with van der Waals surface area (Å²) in [6, 6.07) is -0.766. The molecule has 2 aliphatic rings. The van der Waals surface area contributed by atoms with Crippen LogP contribution < -0.4 is 10.6 Å². The third-order valence-electron chi connectivity index (χ3n) is 2.86. The first kappa shape index (κ1) is 12.6. The van der Waals surface area contributed by atoms with Gasteiger partial charge in [0.2, 0.25) is 0 Å². The minimum atomic E-state index is -0.738. The first-order valence-electron chi connectivity index (χ1n) is 5.57. The summed E-state index contributed by atoms with van der Waals surface area (Å²) < 4.78 is 16.7. The Hall–Kier alpha value is -0.890. The van der Waals surface area contributed by atoms with Crippen LogP contribution in [0, 0.1) is 0 Å². The Kier molecular flexibility index (Phi) is 3.26. The van der Waals surface area contributed by atoms with Gasteiger partial charge in [-0.3, -0.25) is 0 Å². The monoisotopic (exact) mass is 246 g/mol. The van der Waals surface area contributed by atoms with Crippen LogP contribution in [0.4, 0.5) is 4.79 Å². The second-order valence-corrected chi connectivity index (χ2v) is 4.57. The molecule has 4 atom stereocenters. The van der Waals surface area contributed by atoms with Gasteiger partial charge in [-0.15, -0.1) is 0 Å². The third-order valence-corrected chi connectivity index (χ3v) is 2.86. The van der Waals surface area contributed by atoms with Crippen molar-refractivity contribution in [3.05, 3.63) is 0 Å². The quantitative estimate of drug-likeness (QED) is 0.591. The normalized spacial score (nSPS) is 38.8. The fourth-order valence-electron chi connectivity index (χ4n) is 2.13. The Balaban J connectivity index is 2.08. The lowest BCUT2D eigenvalue weighted by Gasteiger charge is -2.25. The maximum atomic E-state index is 11.3. The van der Waals surface area contributed by atoms with Crippen LogP contribution in [0.15, 0.2) is 0 Å². The summed E-state index contributed by atoms with van der Waals surface area (Å²) in [7, 11) is 1.52. The van der Waals surface area contributed by atoms with E-state index in [2.05, 4.69) is 10.6 Å². The van der Waals surface area contributed by atoms with Gasteiger partial charge in [-0.2, -0.15) is 0 Å². The van der Waals surface area contributed by atoms with Crippen LogP contribution in [0.2, 0.25) is 0 Å². The highest BCUT2D eigenvalue weighted by Crippen LogP contribution is 2.37. The Bertz CT molecular complexity index is 309. The molecule has 2 amide bonds. The van der Waals surface area contributed by atoms with Crippen LogP contribution in [0.3, 0.4) is 0 Å². The van der Waals surface area contributed by atoms with Crippen molar-refractivity contribution in [3.8, 4) is 0 Å². The number of ether oxygens (including phenoxy) is 3. The zero-order valence-electron chi connectivity index (χ0n) is 10.1. The number of aliphatic hydroxyl groups excluding tert-OH is 1. The van der Waals surface area contributed by atoms with E-state index < -0.39 is 30.3 Å². The van der Waals surface area contributed by atoms with E-state index in [4.69, 9.17) is 14.2 Å². The van der Waals surface area contributed by atoms with Gasteiger partial charge in [-0.05, 0) is 13.8 Å². The van der Waals surface area contributed by atoms with Crippen molar-refractivity contribution in [3.63, 3.8) is 0 Å². The van der Waals surface area contributed by atoms with Crippen LogP contribution >= 0.6 is 0 Å². The number of nitrogens with one attached hydrogen (secondary N) is 2. The summed E-state index contributed by atoms with van der Waals surface area (Å²) in [5.41, 5.74) is 0. The van der Waals surface area contributed by atoms with E-state index >= 15 is 0 Å². The molecule has 2 rings (SSSR count). The number of hydrogen-bond donors (Lipinski definition) is 3. The van der Waals surface area contributed by atoms with E-state index in [0.29, 0.717) is 0 Å². The molecule has 0 aromatic heterocycles. The molecular weight excluding hydrogens is 228 g/mol. The maximum Gasteiger partial charge on any atom is 0.314 e. The minimum absolute atomic E-state index is 0.200. The van der Waals surface area contributed by atoms with Crippen molar-refractivity contribution < 1.29 is 24.1 Å². The number of rotatable bonds is 2. The average Bonchev–Trinajstić information content (AvgIpc) is 2.72. The first-order valence-corrected chi connectivity index (χ1v) is 5.57. The lowest BCUT2D eigenvalue weighted by atomic mass is 10.1. The van der Waals surface area contributed by atoms with Gasteiger partial charge in [0, 0.05) is 7.05 Å². The molecule has 7 heteroatoms. The van der Waals surface area contributed by atoms with Crippen molar-refractivity contribution in [2.45, 2.75) is 44.2 Å². The molecule has 17 heavy (non-hydrogen) atoms. The summed E-state index contributed by atoms with van der Waals surface area (Å²) >= 11 is 0. The number of amides is 2. The summed E-state index contributed by atoms with van der Waals surface area (Å²) in [5.74, 6) is -0.738. The molecule has 2 aliphatic heterocycles. The predicted octanol–water partition coefficient (Wildman–Crippen LogP) is -0.847. The molecule has 0 aromatic carbocycles. The van der Waals surface area contributed by atoms with Crippen molar-refractivity contribution in [1.29, 1.82) is 0 Å². The maximum absolute atomic E-state index is 11.3. The average molecular weight is 246 g/mol. The summed E-state index contributed by atoms with van der Waals surface area (Å²) in [6.07, 6.45) is -1.47. The Morgan fingerprint density at radius 2 is 2.12 bits per heavy atom. The molecule has 2 saturated heterocycles. The molecule has 2 heterocycles. The summed E-state index contributed by atoms with van der Waals surface area (Å²) in [5, 5.41) is 14.4. The van der Waals surface area contributed by atoms with Gasteiger partial charge >= 0.3 is 6.03 Å². The summed E-state index contributed by atoms with van der Waals surface area (Å²) in [6.45, 7) is 3.36. The van der Waals surface area contributed by atoms with Crippen molar-refractivity contribution in [2.24, 2.45) is 0 Å². The standard InChI is InChI=1S/C10H18N2O5/c1-10(2)16-7-6(12-9(14)11-3)5(4-13)15-8(7)17-10/h5-8,13H,4H2,1-3H3,(H2,11,12,14)/t5-,6+,7-,8+/m0/s1. The van der Waals surface area contributed by atoms with E-state index in [1.807, 2.05) is 0 Å². The fraction of sp³-hybridized carbons (Fsp3) is 0.900. The SMILES string of the molecule is CNC(=O)N[C@H]1[C@@H]2OC(C)(C)O[C@H]2O[C@H]1CO. The zero-order chi connectivity index (χ0) is 12.6. The fourth-order valence-corrected chi connectivity index (χ4v) is 2.13. The topological polar surface area (TPSA) is 89.1 Å². The van der Waals surface area contributed by atoms with E-state index in [-0.39, 0.29) is 12.6 Å². The molecule has 98 valence electrons. The van der Waals surface area contributed by atoms with Crippen LogP contribution in [0.5, 0.6) is 0 Å². The first-order chi connectivity index (χ1) is 7.96. The van der Waals surface area contributed by atoms with E-state index in [9.17, 15) is 9.90 Å². The second kappa shape index (κ2) is 4.41. The number of carbonyl (C=O) groups excluding carboxylic acids is 1.